The van der Waals surface area contributed by atoms with E-state index in [2.05, 4.69) is 31.2 Å². The van der Waals surface area contributed by atoms with Crippen LogP contribution in [0.2, 0.25) is 0 Å². The summed E-state index contributed by atoms with van der Waals surface area (Å²) in [5.74, 6) is 1.65. The van der Waals surface area contributed by atoms with Crippen LogP contribution in [0.25, 0.3) is 0 Å². The van der Waals surface area contributed by atoms with Gasteiger partial charge in [0.05, 0.1) is 11.1 Å². The van der Waals surface area contributed by atoms with Gasteiger partial charge in [0.2, 0.25) is 11.9 Å². The standard InChI is InChI=1S/C26H28FN5O4S.Na.H/c1-4-6-7-8-24(33)32-37(34,35)23-16-20(10-9-18(23)3)30-26-28-17-22(27)25(31-26)29-19-11-13-21(14-12-19)36-15-5-2;;/h2,9-14,16-17H,4,6-8,15H2,1,3H3,(H,32,33)(H2,28,29,30,31);;. The Hall–Kier alpha value is -3.17. The molecule has 0 aliphatic rings. The van der Waals surface area contributed by atoms with Crippen LogP contribution in [0.5, 0.6) is 5.75 Å². The molecule has 0 radical (unpaired) electrons. The third-order valence-electron chi connectivity index (χ3n) is 5.17. The monoisotopic (exact) mass is 549 g/mol. The molecule has 12 heteroatoms. The van der Waals surface area contributed by atoms with Gasteiger partial charge in [0.1, 0.15) is 12.4 Å². The topological polar surface area (TPSA) is 122 Å². The van der Waals surface area contributed by atoms with Crippen molar-refractivity contribution in [2.45, 2.75) is 44.4 Å². The van der Waals surface area contributed by atoms with Gasteiger partial charge in [0.25, 0.3) is 10.0 Å². The van der Waals surface area contributed by atoms with Crippen molar-refractivity contribution < 1.29 is 22.3 Å². The summed E-state index contributed by atoms with van der Waals surface area (Å²) < 4.78 is 47.4. The zero-order valence-electron chi connectivity index (χ0n) is 20.5. The summed E-state index contributed by atoms with van der Waals surface area (Å²) in [4.78, 5) is 20.1. The number of carbonyl (C=O) groups excluding carboxylic acids is 1. The Labute approximate surface area is 244 Å². The molecule has 196 valence electrons. The van der Waals surface area contributed by atoms with E-state index in [1.165, 1.54) is 6.07 Å². The SMILES string of the molecule is C#CCOc1ccc(Nc2nc(Nc3ccc(C)c(S(=O)(=O)NC(=O)CCCCC)c3)ncc2F)cc1.[NaH]. The second-order valence-corrected chi connectivity index (χ2v) is 9.77. The fourth-order valence-corrected chi connectivity index (χ4v) is 4.58. The Morgan fingerprint density at radius 3 is 2.50 bits per heavy atom. The molecule has 1 aromatic heterocycles. The molecule has 3 aromatic rings. The van der Waals surface area contributed by atoms with E-state index in [0.717, 1.165) is 19.0 Å². The molecule has 1 heterocycles. The average Bonchev–Trinajstić information content (AvgIpc) is 2.86. The van der Waals surface area contributed by atoms with Crippen molar-refractivity contribution in [1.29, 1.82) is 0 Å². The van der Waals surface area contributed by atoms with Crippen molar-refractivity contribution in [3.8, 4) is 18.1 Å². The van der Waals surface area contributed by atoms with Gasteiger partial charge in [-0.15, -0.1) is 6.42 Å². The third kappa shape index (κ3) is 8.99. The first-order valence-electron chi connectivity index (χ1n) is 11.6. The maximum absolute atomic E-state index is 14.4. The number of hydrogen-bond donors (Lipinski definition) is 3. The van der Waals surface area contributed by atoms with Crippen LogP contribution in [0.1, 0.15) is 38.2 Å². The maximum atomic E-state index is 14.4. The summed E-state index contributed by atoms with van der Waals surface area (Å²) in [6.07, 6.45) is 8.67. The summed E-state index contributed by atoms with van der Waals surface area (Å²) in [6, 6.07) is 11.3. The molecule has 0 saturated carbocycles. The second-order valence-electron chi connectivity index (χ2n) is 8.12. The van der Waals surface area contributed by atoms with Crippen molar-refractivity contribution in [3.05, 3.63) is 60.0 Å². The number of aromatic nitrogens is 2. The van der Waals surface area contributed by atoms with Crippen molar-refractivity contribution in [1.82, 2.24) is 14.7 Å². The van der Waals surface area contributed by atoms with Crippen molar-refractivity contribution >= 4 is 68.6 Å². The van der Waals surface area contributed by atoms with E-state index in [4.69, 9.17) is 11.2 Å². The molecule has 0 aliphatic heterocycles. The number of amides is 1. The van der Waals surface area contributed by atoms with Crippen molar-refractivity contribution in [3.63, 3.8) is 0 Å². The molecule has 0 unspecified atom stereocenters. The molecular weight excluding hydrogens is 520 g/mol. The fraction of sp³-hybridized carbons (Fsp3) is 0.269. The van der Waals surface area contributed by atoms with Crippen molar-refractivity contribution in [2.75, 3.05) is 17.2 Å². The number of halogens is 1. The number of nitrogens with zero attached hydrogens (tertiary/aromatic N) is 2. The summed E-state index contributed by atoms with van der Waals surface area (Å²) in [6.45, 7) is 3.75. The first-order chi connectivity index (χ1) is 17.7. The number of nitrogens with one attached hydrogen (secondary N) is 3. The predicted octanol–water partition coefficient (Wildman–Crippen LogP) is 4.16. The normalized spacial score (nSPS) is 10.6. The van der Waals surface area contributed by atoms with Gasteiger partial charge in [0, 0.05) is 17.8 Å². The van der Waals surface area contributed by atoms with E-state index in [0.29, 0.717) is 29.1 Å². The number of ether oxygens (including phenoxy) is 1. The predicted molar refractivity (Wildman–Crippen MR) is 147 cm³/mol. The van der Waals surface area contributed by atoms with Gasteiger partial charge in [-0.1, -0.05) is 31.8 Å². The molecule has 3 rings (SSSR count). The number of unbranched alkanes of at least 4 members (excludes halogenated alkanes) is 2. The molecule has 0 bridgehead atoms. The van der Waals surface area contributed by atoms with Crippen molar-refractivity contribution in [2.24, 2.45) is 0 Å². The van der Waals surface area contributed by atoms with Crippen LogP contribution < -0.4 is 20.1 Å². The Morgan fingerprint density at radius 1 is 1.11 bits per heavy atom. The number of sulfonamides is 1. The van der Waals surface area contributed by atoms with E-state index >= 15 is 0 Å². The van der Waals surface area contributed by atoms with Gasteiger partial charge >= 0.3 is 29.6 Å². The first-order valence-corrected chi connectivity index (χ1v) is 13.1. The Kier molecular flexibility index (Phi) is 12.0. The summed E-state index contributed by atoms with van der Waals surface area (Å²) >= 11 is 0. The molecule has 0 saturated heterocycles. The van der Waals surface area contributed by atoms with Gasteiger partial charge in [0.15, 0.2) is 11.6 Å². The Balaban J connectivity index is 0.00000507. The number of aryl methyl sites for hydroxylation is 1. The molecule has 38 heavy (non-hydrogen) atoms. The Bertz CT molecular complexity index is 1400. The number of terminal acetylenes is 1. The van der Waals surface area contributed by atoms with Gasteiger partial charge < -0.3 is 15.4 Å². The summed E-state index contributed by atoms with van der Waals surface area (Å²) in [7, 11) is -4.08. The quantitative estimate of drug-likeness (QED) is 0.175. The number of benzene rings is 2. The van der Waals surface area contributed by atoms with Crippen LogP contribution in [0.15, 0.2) is 53.6 Å². The fourth-order valence-electron chi connectivity index (χ4n) is 3.30. The van der Waals surface area contributed by atoms with Gasteiger partial charge in [-0.2, -0.15) is 4.98 Å². The van der Waals surface area contributed by atoms with Crippen LogP contribution in [0, 0.1) is 25.1 Å². The minimum atomic E-state index is -4.08. The van der Waals surface area contributed by atoms with Crippen LogP contribution in [0.4, 0.5) is 27.5 Å². The number of hydrogen-bond acceptors (Lipinski definition) is 8. The third-order valence-corrected chi connectivity index (χ3v) is 6.69. The van der Waals surface area contributed by atoms with E-state index in [1.54, 1.807) is 43.3 Å². The zero-order valence-corrected chi connectivity index (χ0v) is 21.4. The van der Waals surface area contributed by atoms with Crippen LogP contribution >= 0.6 is 0 Å². The van der Waals surface area contributed by atoms with E-state index in [1.807, 2.05) is 6.92 Å². The van der Waals surface area contributed by atoms with Crippen LogP contribution in [-0.2, 0) is 14.8 Å². The summed E-state index contributed by atoms with van der Waals surface area (Å²) in [5.41, 5.74) is 1.35. The molecule has 0 atom stereocenters. The first kappa shape index (κ1) is 31.1. The van der Waals surface area contributed by atoms with Gasteiger partial charge in [-0.25, -0.2) is 22.5 Å². The average molecular weight is 550 g/mol. The van der Waals surface area contributed by atoms with E-state index < -0.39 is 21.7 Å². The molecular formula is C26H29FN5NaO4S. The number of carbonyl (C=O) groups is 1. The van der Waals surface area contributed by atoms with Crippen LogP contribution in [-0.4, -0.2) is 60.5 Å². The molecule has 1 amide bonds. The molecule has 0 aliphatic carbocycles. The zero-order chi connectivity index (χ0) is 26.8. The molecule has 9 nitrogen and oxygen atoms in total. The Morgan fingerprint density at radius 2 is 1.82 bits per heavy atom. The van der Waals surface area contributed by atoms with Gasteiger partial charge in [-0.3, -0.25) is 4.79 Å². The molecule has 0 spiro atoms. The molecule has 0 fully saturated rings. The van der Waals surface area contributed by atoms with E-state index in [9.17, 15) is 17.6 Å². The number of rotatable bonds is 12. The summed E-state index contributed by atoms with van der Waals surface area (Å²) in [5, 5.41) is 5.74. The molecule has 3 N–H and O–H groups in total. The molecule has 2 aromatic carbocycles. The van der Waals surface area contributed by atoms with Crippen LogP contribution in [0.3, 0.4) is 0 Å². The van der Waals surface area contributed by atoms with Gasteiger partial charge in [-0.05, 0) is 55.3 Å². The minimum absolute atomic E-state index is 0. The number of anilines is 4. The van der Waals surface area contributed by atoms with E-state index in [-0.39, 0.29) is 59.2 Å². The second kappa shape index (κ2) is 14.7.